The van der Waals surface area contributed by atoms with Crippen LogP contribution < -0.4 is 0 Å². The van der Waals surface area contributed by atoms with E-state index in [-0.39, 0.29) is 24.0 Å². The number of amides is 2. The van der Waals surface area contributed by atoms with Crippen LogP contribution in [0.5, 0.6) is 0 Å². The molecule has 0 N–H and O–H groups in total. The number of aromatic nitrogens is 2. The summed E-state index contributed by atoms with van der Waals surface area (Å²) in [5.74, 6) is -0.119. The molecule has 1 aliphatic rings. The minimum Gasteiger partial charge on any atom is -0.372 e. The molecule has 2 heterocycles. The Morgan fingerprint density at radius 2 is 1.96 bits per heavy atom. The highest BCUT2D eigenvalue weighted by molar-refractivity contribution is 5.92. The van der Waals surface area contributed by atoms with Gasteiger partial charge in [0.1, 0.15) is 5.69 Å². The van der Waals surface area contributed by atoms with Gasteiger partial charge in [0.05, 0.1) is 18.4 Å². The minimum absolute atomic E-state index is 0.0469. The van der Waals surface area contributed by atoms with Gasteiger partial charge in [0.2, 0.25) is 5.91 Å². The molecule has 1 fully saturated rings. The van der Waals surface area contributed by atoms with Crippen LogP contribution in [0.3, 0.4) is 0 Å². The number of carbonyl (C=O) groups excluding carboxylic acids is 2. The largest absolute Gasteiger partial charge is 0.372 e. The quantitative estimate of drug-likeness (QED) is 0.785. The minimum atomic E-state index is -0.179. The Labute approximate surface area is 143 Å². The van der Waals surface area contributed by atoms with E-state index in [0.29, 0.717) is 38.3 Å². The molecule has 1 aliphatic heterocycles. The Hall–Kier alpha value is -2.02. The van der Waals surface area contributed by atoms with Crippen molar-refractivity contribution >= 4 is 11.8 Å². The molecule has 1 aromatic rings. The Balaban J connectivity index is 1.93. The van der Waals surface area contributed by atoms with Crippen LogP contribution in [-0.4, -0.2) is 70.0 Å². The fourth-order valence-electron chi connectivity index (χ4n) is 2.93. The SMILES string of the molecule is CCCN(CCC(=O)N1C[C@H](C)O[C@@H](C)C1)C(=O)c1cnccn1. The van der Waals surface area contributed by atoms with E-state index in [9.17, 15) is 9.59 Å². The predicted molar refractivity (Wildman–Crippen MR) is 89.4 cm³/mol. The molecule has 2 rings (SSSR count). The summed E-state index contributed by atoms with van der Waals surface area (Å²) in [6.07, 6.45) is 5.72. The second-order valence-corrected chi connectivity index (χ2v) is 6.19. The van der Waals surface area contributed by atoms with E-state index in [2.05, 4.69) is 9.97 Å². The predicted octanol–water partition coefficient (Wildman–Crippen LogP) is 1.35. The first kappa shape index (κ1) is 18.3. The molecule has 0 radical (unpaired) electrons. The number of rotatable bonds is 6. The van der Waals surface area contributed by atoms with Crippen LogP contribution in [0.25, 0.3) is 0 Å². The zero-order valence-electron chi connectivity index (χ0n) is 14.6. The van der Waals surface area contributed by atoms with Crippen molar-refractivity contribution in [3.63, 3.8) is 0 Å². The van der Waals surface area contributed by atoms with Gasteiger partial charge in [-0.3, -0.25) is 14.6 Å². The molecule has 0 saturated carbocycles. The lowest BCUT2D eigenvalue weighted by Crippen LogP contribution is -2.49. The zero-order valence-corrected chi connectivity index (χ0v) is 14.6. The second-order valence-electron chi connectivity index (χ2n) is 6.19. The molecule has 0 spiro atoms. The molecule has 2 atom stereocenters. The summed E-state index contributed by atoms with van der Waals surface area (Å²) in [5.41, 5.74) is 0.312. The lowest BCUT2D eigenvalue weighted by atomic mass is 10.2. The maximum Gasteiger partial charge on any atom is 0.274 e. The summed E-state index contributed by atoms with van der Waals surface area (Å²) in [6, 6.07) is 0. The van der Waals surface area contributed by atoms with Gasteiger partial charge in [-0.05, 0) is 20.3 Å². The van der Waals surface area contributed by atoms with Crippen LogP contribution in [-0.2, 0) is 9.53 Å². The number of hydrogen-bond acceptors (Lipinski definition) is 5. The first-order valence-corrected chi connectivity index (χ1v) is 8.49. The van der Waals surface area contributed by atoms with Gasteiger partial charge >= 0.3 is 0 Å². The molecule has 132 valence electrons. The average molecular weight is 334 g/mol. The molecule has 7 nitrogen and oxygen atoms in total. The first-order chi connectivity index (χ1) is 11.5. The zero-order chi connectivity index (χ0) is 17.5. The van der Waals surface area contributed by atoms with Crippen molar-refractivity contribution in [3.05, 3.63) is 24.3 Å². The third kappa shape index (κ3) is 4.99. The van der Waals surface area contributed by atoms with Crippen molar-refractivity contribution in [2.24, 2.45) is 0 Å². The van der Waals surface area contributed by atoms with Crippen LogP contribution in [0.4, 0.5) is 0 Å². The lowest BCUT2D eigenvalue weighted by Gasteiger charge is -2.35. The van der Waals surface area contributed by atoms with E-state index in [1.54, 1.807) is 4.90 Å². The maximum atomic E-state index is 12.5. The van der Waals surface area contributed by atoms with E-state index < -0.39 is 0 Å². The molecule has 0 unspecified atom stereocenters. The molecule has 0 aromatic carbocycles. The van der Waals surface area contributed by atoms with E-state index in [0.717, 1.165) is 6.42 Å². The molecule has 1 saturated heterocycles. The van der Waals surface area contributed by atoms with Gasteiger partial charge in [-0.25, -0.2) is 4.98 Å². The van der Waals surface area contributed by atoms with Crippen molar-refractivity contribution in [2.45, 2.75) is 45.8 Å². The fourth-order valence-corrected chi connectivity index (χ4v) is 2.93. The van der Waals surface area contributed by atoms with E-state index in [1.165, 1.54) is 18.6 Å². The molecular weight excluding hydrogens is 308 g/mol. The Bertz CT molecular complexity index is 542. The number of hydrogen-bond donors (Lipinski definition) is 0. The molecule has 1 aromatic heterocycles. The van der Waals surface area contributed by atoms with Crippen LogP contribution in [0.15, 0.2) is 18.6 Å². The third-order valence-electron chi connectivity index (χ3n) is 3.93. The van der Waals surface area contributed by atoms with Gasteiger partial charge < -0.3 is 14.5 Å². The van der Waals surface area contributed by atoms with Gasteiger partial charge in [-0.2, -0.15) is 0 Å². The number of carbonyl (C=O) groups is 2. The van der Waals surface area contributed by atoms with Crippen molar-refractivity contribution in [2.75, 3.05) is 26.2 Å². The highest BCUT2D eigenvalue weighted by atomic mass is 16.5. The highest BCUT2D eigenvalue weighted by Crippen LogP contribution is 2.12. The van der Waals surface area contributed by atoms with E-state index in [1.807, 2.05) is 25.7 Å². The van der Waals surface area contributed by atoms with Crippen LogP contribution in [0.2, 0.25) is 0 Å². The van der Waals surface area contributed by atoms with Gasteiger partial charge in [-0.1, -0.05) is 6.92 Å². The molecule has 24 heavy (non-hydrogen) atoms. The fraction of sp³-hybridized carbons (Fsp3) is 0.647. The van der Waals surface area contributed by atoms with Gasteiger partial charge in [0.25, 0.3) is 5.91 Å². The van der Waals surface area contributed by atoms with Gasteiger partial charge in [0, 0.05) is 45.0 Å². The smallest absolute Gasteiger partial charge is 0.274 e. The number of morpholine rings is 1. The van der Waals surface area contributed by atoms with Crippen LogP contribution in [0.1, 0.15) is 44.1 Å². The molecular formula is C17H26N4O3. The van der Waals surface area contributed by atoms with Gasteiger partial charge in [0.15, 0.2) is 0 Å². The Kier molecular flexibility index (Phi) is 6.66. The average Bonchev–Trinajstić information content (AvgIpc) is 2.57. The molecule has 2 amide bonds. The highest BCUT2D eigenvalue weighted by Gasteiger charge is 2.26. The first-order valence-electron chi connectivity index (χ1n) is 8.49. The van der Waals surface area contributed by atoms with Crippen molar-refractivity contribution in [1.29, 1.82) is 0 Å². The lowest BCUT2D eigenvalue weighted by molar-refractivity contribution is -0.143. The van der Waals surface area contributed by atoms with Crippen molar-refractivity contribution in [1.82, 2.24) is 19.8 Å². The summed E-state index contributed by atoms with van der Waals surface area (Å²) in [4.78, 5) is 36.5. The normalized spacial score (nSPS) is 20.7. The van der Waals surface area contributed by atoms with E-state index >= 15 is 0 Å². The summed E-state index contributed by atoms with van der Waals surface area (Å²) in [7, 11) is 0. The second kappa shape index (κ2) is 8.73. The summed E-state index contributed by atoms with van der Waals surface area (Å²) >= 11 is 0. The topological polar surface area (TPSA) is 75.6 Å². The number of nitrogens with zero attached hydrogens (tertiary/aromatic N) is 4. The third-order valence-corrected chi connectivity index (χ3v) is 3.93. The van der Waals surface area contributed by atoms with E-state index in [4.69, 9.17) is 4.74 Å². The Morgan fingerprint density at radius 1 is 1.25 bits per heavy atom. The molecule has 0 aliphatic carbocycles. The standard InChI is InChI=1S/C17H26N4O3/c1-4-8-20(17(23)15-10-18-6-7-19-15)9-5-16(22)21-11-13(2)24-14(3)12-21/h6-7,10,13-14H,4-5,8-9,11-12H2,1-3H3/t13-,14-/m0/s1. The van der Waals surface area contributed by atoms with Crippen LogP contribution >= 0.6 is 0 Å². The Morgan fingerprint density at radius 3 is 2.54 bits per heavy atom. The molecule has 0 bridgehead atoms. The van der Waals surface area contributed by atoms with Crippen molar-refractivity contribution in [3.8, 4) is 0 Å². The monoisotopic (exact) mass is 334 g/mol. The van der Waals surface area contributed by atoms with Crippen molar-refractivity contribution < 1.29 is 14.3 Å². The number of ether oxygens (including phenoxy) is 1. The maximum absolute atomic E-state index is 12.5. The summed E-state index contributed by atoms with van der Waals surface area (Å²) in [5, 5.41) is 0. The summed E-state index contributed by atoms with van der Waals surface area (Å²) < 4.78 is 5.65. The van der Waals surface area contributed by atoms with Crippen LogP contribution in [0, 0.1) is 0 Å². The summed E-state index contributed by atoms with van der Waals surface area (Å²) in [6.45, 7) is 8.14. The molecule has 7 heteroatoms. The van der Waals surface area contributed by atoms with Gasteiger partial charge in [-0.15, -0.1) is 0 Å².